The zero-order valence-corrected chi connectivity index (χ0v) is 12.5. The van der Waals surface area contributed by atoms with Crippen molar-refractivity contribution in [1.29, 1.82) is 0 Å². The maximum atomic E-state index is 14.2. The summed E-state index contributed by atoms with van der Waals surface area (Å²) in [5.41, 5.74) is -0.0371. The number of hydrogen-bond donors (Lipinski definition) is 1. The highest BCUT2D eigenvalue weighted by atomic mass is 32.2. The molecule has 0 amide bonds. The molecular weight excluding hydrogens is 332 g/mol. The predicted molar refractivity (Wildman–Crippen MR) is 77.4 cm³/mol. The Morgan fingerprint density at radius 1 is 1.04 bits per heavy atom. The van der Waals surface area contributed by atoms with Crippen molar-refractivity contribution < 1.29 is 27.4 Å². The first-order chi connectivity index (χ1) is 11.0. The SMILES string of the molecule is OC[C@@H]1COc2c(F)ccc(F)c2[C@H]1Sc1cc(F)cc(F)c1. The molecular formula is C16H12F4O2S. The first kappa shape index (κ1) is 16.1. The lowest BCUT2D eigenvalue weighted by Crippen LogP contribution is -2.28. The van der Waals surface area contributed by atoms with Crippen LogP contribution < -0.4 is 4.74 Å². The molecule has 2 aromatic carbocycles. The first-order valence-electron chi connectivity index (χ1n) is 6.84. The monoisotopic (exact) mass is 344 g/mol. The van der Waals surface area contributed by atoms with Gasteiger partial charge in [0, 0.05) is 27.7 Å². The highest BCUT2D eigenvalue weighted by Gasteiger charge is 2.35. The summed E-state index contributed by atoms with van der Waals surface area (Å²) in [4.78, 5) is 0.225. The van der Waals surface area contributed by atoms with Gasteiger partial charge in [-0.1, -0.05) is 0 Å². The molecule has 0 spiro atoms. The van der Waals surface area contributed by atoms with Crippen LogP contribution >= 0.6 is 11.8 Å². The zero-order chi connectivity index (χ0) is 16.6. The summed E-state index contributed by atoms with van der Waals surface area (Å²) in [7, 11) is 0. The molecule has 0 fully saturated rings. The molecule has 3 rings (SSSR count). The number of benzene rings is 2. The van der Waals surface area contributed by atoms with Crippen LogP contribution in [0.15, 0.2) is 35.2 Å². The van der Waals surface area contributed by atoms with E-state index in [2.05, 4.69) is 0 Å². The summed E-state index contributed by atoms with van der Waals surface area (Å²) in [5.74, 6) is -3.68. The molecule has 2 atom stereocenters. The Balaban J connectivity index is 2.04. The summed E-state index contributed by atoms with van der Waals surface area (Å²) in [6.07, 6.45) is 0. The maximum absolute atomic E-state index is 14.2. The van der Waals surface area contributed by atoms with Gasteiger partial charge in [0.15, 0.2) is 11.6 Å². The molecule has 2 nitrogen and oxygen atoms in total. The van der Waals surface area contributed by atoms with Crippen molar-refractivity contribution in [3.8, 4) is 5.75 Å². The molecule has 1 heterocycles. The third-order valence-electron chi connectivity index (χ3n) is 3.58. The number of aliphatic hydroxyl groups is 1. The topological polar surface area (TPSA) is 29.5 Å². The summed E-state index contributed by atoms with van der Waals surface area (Å²) < 4.78 is 59.9. The van der Waals surface area contributed by atoms with Crippen LogP contribution in [0.1, 0.15) is 10.8 Å². The van der Waals surface area contributed by atoms with Gasteiger partial charge in [0.2, 0.25) is 0 Å². The lowest BCUT2D eigenvalue weighted by Gasteiger charge is -2.32. The summed E-state index contributed by atoms with van der Waals surface area (Å²) in [6, 6.07) is 4.86. The zero-order valence-electron chi connectivity index (χ0n) is 11.7. The molecule has 2 aromatic rings. The number of fused-ring (bicyclic) bond motifs is 1. The van der Waals surface area contributed by atoms with E-state index in [9.17, 15) is 22.7 Å². The van der Waals surface area contributed by atoms with Gasteiger partial charge in [-0.3, -0.25) is 0 Å². The van der Waals surface area contributed by atoms with Crippen LogP contribution in [-0.2, 0) is 0 Å². The van der Waals surface area contributed by atoms with E-state index in [-0.39, 0.29) is 29.4 Å². The summed E-state index contributed by atoms with van der Waals surface area (Å²) in [6.45, 7) is -0.343. The molecule has 0 saturated carbocycles. The van der Waals surface area contributed by atoms with E-state index < -0.39 is 34.4 Å². The number of rotatable bonds is 3. The minimum atomic E-state index is -0.764. The van der Waals surface area contributed by atoms with Crippen LogP contribution in [0.5, 0.6) is 5.75 Å². The Hall–Kier alpha value is -1.73. The van der Waals surface area contributed by atoms with Gasteiger partial charge < -0.3 is 9.84 Å². The van der Waals surface area contributed by atoms with Gasteiger partial charge in [0.25, 0.3) is 0 Å². The van der Waals surface area contributed by atoms with Gasteiger partial charge in [0.1, 0.15) is 17.5 Å². The van der Waals surface area contributed by atoms with Gasteiger partial charge in [-0.15, -0.1) is 11.8 Å². The van der Waals surface area contributed by atoms with Crippen LogP contribution in [0.2, 0.25) is 0 Å². The van der Waals surface area contributed by atoms with E-state index in [0.717, 1.165) is 42.1 Å². The lowest BCUT2D eigenvalue weighted by molar-refractivity contribution is 0.138. The second-order valence-corrected chi connectivity index (χ2v) is 6.38. The average Bonchev–Trinajstić information content (AvgIpc) is 2.50. The van der Waals surface area contributed by atoms with E-state index in [1.807, 2.05) is 0 Å². The summed E-state index contributed by atoms with van der Waals surface area (Å²) >= 11 is 0.964. The number of thioether (sulfide) groups is 1. The molecule has 1 N–H and O–H groups in total. The van der Waals surface area contributed by atoms with Crippen molar-refractivity contribution in [2.75, 3.05) is 13.2 Å². The van der Waals surface area contributed by atoms with Crippen molar-refractivity contribution in [1.82, 2.24) is 0 Å². The second kappa shape index (κ2) is 6.41. The van der Waals surface area contributed by atoms with E-state index in [1.54, 1.807) is 0 Å². The van der Waals surface area contributed by atoms with E-state index in [1.165, 1.54) is 0 Å². The van der Waals surface area contributed by atoms with Gasteiger partial charge in [-0.2, -0.15) is 0 Å². The summed E-state index contributed by atoms with van der Waals surface area (Å²) in [5, 5.41) is 8.76. The van der Waals surface area contributed by atoms with Crippen molar-refractivity contribution >= 4 is 11.8 Å². The Kier molecular flexibility index (Phi) is 4.50. The fourth-order valence-electron chi connectivity index (χ4n) is 2.52. The van der Waals surface area contributed by atoms with Crippen LogP contribution in [0, 0.1) is 29.2 Å². The third-order valence-corrected chi connectivity index (χ3v) is 4.97. The third kappa shape index (κ3) is 3.16. The Morgan fingerprint density at radius 2 is 1.70 bits per heavy atom. The number of hydrogen-bond acceptors (Lipinski definition) is 3. The highest BCUT2D eigenvalue weighted by Crippen LogP contribution is 2.49. The molecule has 0 radical (unpaired) electrons. The van der Waals surface area contributed by atoms with Gasteiger partial charge >= 0.3 is 0 Å². The van der Waals surface area contributed by atoms with Crippen LogP contribution in [0.3, 0.4) is 0 Å². The van der Waals surface area contributed by atoms with Crippen LogP contribution in [0.4, 0.5) is 17.6 Å². The smallest absolute Gasteiger partial charge is 0.165 e. The minimum absolute atomic E-state index is 0.0145. The number of ether oxygens (including phenoxy) is 1. The van der Waals surface area contributed by atoms with E-state index >= 15 is 0 Å². The lowest BCUT2D eigenvalue weighted by atomic mass is 9.96. The Morgan fingerprint density at radius 3 is 2.35 bits per heavy atom. The van der Waals surface area contributed by atoms with Crippen molar-refractivity contribution in [2.24, 2.45) is 5.92 Å². The molecule has 0 saturated heterocycles. The van der Waals surface area contributed by atoms with Crippen molar-refractivity contribution in [2.45, 2.75) is 10.1 Å². The molecule has 1 aliphatic heterocycles. The molecule has 0 bridgehead atoms. The van der Waals surface area contributed by atoms with Crippen LogP contribution in [-0.4, -0.2) is 18.3 Å². The molecule has 23 heavy (non-hydrogen) atoms. The number of aliphatic hydroxyl groups excluding tert-OH is 1. The van der Waals surface area contributed by atoms with E-state index in [4.69, 9.17) is 4.74 Å². The van der Waals surface area contributed by atoms with Gasteiger partial charge in [-0.05, 0) is 24.3 Å². The minimum Gasteiger partial charge on any atom is -0.490 e. The molecule has 7 heteroatoms. The maximum Gasteiger partial charge on any atom is 0.165 e. The predicted octanol–water partition coefficient (Wildman–Crippen LogP) is 4.08. The second-order valence-electron chi connectivity index (χ2n) is 5.17. The molecule has 122 valence electrons. The molecule has 1 aliphatic rings. The average molecular weight is 344 g/mol. The van der Waals surface area contributed by atoms with Gasteiger partial charge in [-0.25, -0.2) is 17.6 Å². The largest absolute Gasteiger partial charge is 0.490 e. The Bertz CT molecular complexity index is 718. The standard InChI is InChI=1S/C16H12F4O2S/c17-9-3-10(18)5-11(4-9)23-16-8(6-21)7-22-15-13(20)2-1-12(19)14(15)16/h1-5,8,16,21H,6-7H2/t8-,16+/m1/s1. The Labute approximate surface area is 134 Å². The highest BCUT2D eigenvalue weighted by molar-refractivity contribution is 7.99. The molecule has 0 aliphatic carbocycles. The normalized spacial score (nSPS) is 20.0. The molecule has 0 unspecified atom stereocenters. The van der Waals surface area contributed by atoms with E-state index in [0.29, 0.717) is 0 Å². The molecule has 0 aromatic heterocycles. The fraction of sp³-hybridized carbons (Fsp3) is 0.250. The quantitative estimate of drug-likeness (QED) is 0.851. The van der Waals surface area contributed by atoms with Crippen molar-refractivity contribution in [3.05, 3.63) is 59.2 Å². The van der Waals surface area contributed by atoms with Crippen LogP contribution in [0.25, 0.3) is 0 Å². The fourth-order valence-corrected chi connectivity index (χ4v) is 3.87. The van der Waals surface area contributed by atoms with Gasteiger partial charge in [0.05, 0.1) is 13.2 Å². The number of halogens is 4. The van der Waals surface area contributed by atoms with Crippen molar-refractivity contribution in [3.63, 3.8) is 0 Å². The first-order valence-corrected chi connectivity index (χ1v) is 7.72.